The van der Waals surface area contributed by atoms with Crippen LogP contribution in [0.2, 0.25) is 0 Å². The molecule has 0 saturated carbocycles. The minimum absolute atomic E-state index is 0.609. The van der Waals surface area contributed by atoms with Crippen LogP contribution in [0.15, 0.2) is 18.2 Å². The first-order valence-electron chi connectivity index (χ1n) is 7.05. The highest BCUT2D eigenvalue weighted by Gasteiger charge is 2.21. The number of hydrogen-bond acceptors (Lipinski definition) is 1. The van der Waals surface area contributed by atoms with Crippen molar-refractivity contribution in [1.82, 2.24) is 5.32 Å². The average Bonchev–Trinajstić information content (AvgIpc) is 2.68. The zero-order valence-electron chi connectivity index (χ0n) is 11.4. The lowest BCUT2D eigenvalue weighted by molar-refractivity contribution is 0.529. The fraction of sp³-hybridized carbons (Fsp3) is 0.625. The molecular formula is C16H25N. The summed E-state index contributed by atoms with van der Waals surface area (Å²) in [4.78, 5) is 0. The average molecular weight is 231 g/mol. The van der Waals surface area contributed by atoms with Crippen LogP contribution in [0.4, 0.5) is 0 Å². The highest BCUT2D eigenvalue weighted by Crippen LogP contribution is 2.32. The third-order valence-corrected chi connectivity index (χ3v) is 3.57. The minimum Gasteiger partial charge on any atom is -0.310 e. The Morgan fingerprint density at radius 2 is 2.18 bits per heavy atom. The summed E-state index contributed by atoms with van der Waals surface area (Å²) in [5.74, 6) is 0.753. The summed E-state index contributed by atoms with van der Waals surface area (Å²) in [6.45, 7) is 7.95. The van der Waals surface area contributed by atoms with Crippen molar-refractivity contribution < 1.29 is 0 Å². The van der Waals surface area contributed by atoms with Crippen LogP contribution in [-0.2, 0) is 12.8 Å². The third-order valence-electron chi connectivity index (χ3n) is 3.57. The molecule has 1 aliphatic rings. The van der Waals surface area contributed by atoms with Crippen LogP contribution in [-0.4, -0.2) is 6.54 Å². The second-order valence-corrected chi connectivity index (χ2v) is 5.68. The lowest BCUT2D eigenvalue weighted by Crippen LogP contribution is -2.19. The Morgan fingerprint density at radius 1 is 1.35 bits per heavy atom. The summed E-state index contributed by atoms with van der Waals surface area (Å²) in [7, 11) is 0. The van der Waals surface area contributed by atoms with E-state index >= 15 is 0 Å². The van der Waals surface area contributed by atoms with Gasteiger partial charge in [0.25, 0.3) is 0 Å². The molecule has 0 heterocycles. The Hall–Kier alpha value is -0.820. The van der Waals surface area contributed by atoms with Gasteiger partial charge in [0.2, 0.25) is 0 Å². The van der Waals surface area contributed by atoms with Crippen molar-refractivity contribution in [3.05, 3.63) is 34.9 Å². The number of rotatable bonds is 5. The third kappa shape index (κ3) is 3.10. The number of hydrogen-bond donors (Lipinski definition) is 1. The van der Waals surface area contributed by atoms with Crippen molar-refractivity contribution in [3.8, 4) is 0 Å². The van der Waals surface area contributed by atoms with Crippen molar-refractivity contribution in [1.29, 1.82) is 0 Å². The van der Waals surface area contributed by atoms with Gasteiger partial charge in [0, 0.05) is 6.04 Å². The van der Waals surface area contributed by atoms with Gasteiger partial charge in [-0.25, -0.2) is 0 Å². The molecule has 0 amide bonds. The molecular weight excluding hydrogens is 206 g/mol. The van der Waals surface area contributed by atoms with Gasteiger partial charge in [0.1, 0.15) is 0 Å². The van der Waals surface area contributed by atoms with E-state index in [-0.39, 0.29) is 0 Å². The molecule has 1 aromatic rings. The molecule has 0 radical (unpaired) electrons. The van der Waals surface area contributed by atoms with Crippen molar-refractivity contribution in [2.75, 3.05) is 6.54 Å². The lowest BCUT2D eigenvalue weighted by Gasteiger charge is -2.14. The van der Waals surface area contributed by atoms with Crippen molar-refractivity contribution in [3.63, 3.8) is 0 Å². The lowest BCUT2D eigenvalue weighted by atomic mass is 9.98. The maximum Gasteiger partial charge on any atom is 0.0326 e. The molecule has 0 spiro atoms. The van der Waals surface area contributed by atoms with Crippen LogP contribution < -0.4 is 5.32 Å². The standard InChI is InChI=1S/C16H25N/c1-4-9-17-16-8-6-14-11-13(10-12(2)3)5-7-15(14)16/h5,7,11-12,16-17H,4,6,8-10H2,1-3H3. The van der Waals surface area contributed by atoms with E-state index in [9.17, 15) is 0 Å². The van der Waals surface area contributed by atoms with Gasteiger partial charge in [0.05, 0.1) is 0 Å². The van der Waals surface area contributed by atoms with E-state index < -0.39 is 0 Å². The molecule has 0 fully saturated rings. The molecule has 0 saturated heterocycles. The summed E-state index contributed by atoms with van der Waals surface area (Å²) in [6.07, 6.45) is 4.96. The predicted octanol–water partition coefficient (Wildman–Crippen LogP) is 3.87. The minimum atomic E-state index is 0.609. The van der Waals surface area contributed by atoms with Crippen LogP contribution in [0.25, 0.3) is 0 Å². The first-order valence-corrected chi connectivity index (χ1v) is 7.05. The Labute approximate surface area is 106 Å². The molecule has 94 valence electrons. The highest BCUT2D eigenvalue weighted by atomic mass is 14.9. The molecule has 0 aromatic heterocycles. The van der Waals surface area contributed by atoms with Crippen LogP contribution in [0.3, 0.4) is 0 Å². The first kappa shape index (κ1) is 12.6. The van der Waals surface area contributed by atoms with E-state index in [1.165, 1.54) is 31.2 Å². The van der Waals surface area contributed by atoms with Crippen molar-refractivity contribution in [2.45, 2.75) is 52.5 Å². The SMILES string of the molecule is CCCNC1CCc2cc(CC(C)C)ccc21. The molecule has 1 nitrogen and oxygen atoms in total. The largest absolute Gasteiger partial charge is 0.310 e. The number of benzene rings is 1. The van der Waals surface area contributed by atoms with Gasteiger partial charge < -0.3 is 5.32 Å². The normalized spacial score (nSPS) is 18.7. The van der Waals surface area contributed by atoms with E-state index in [0.29, 0.717) is 6.04 Å². The zero-order chi connectivity index (χ0) is 12.3. The molecule has 1 aliphatic carbocycles. The monoisotopic (exact) mass is 231 g/mol. The number of aryl methyl sites for hydroxylation is 1. The Balaban J connectivity index is 2.08. The summed E-state index contributed by atoms with van der Waals surface area (Å²) < 4.78 is 0. The molecule has 0 aliphatic heterocycles. The Morgan fingerprint density at radius 3 is 2.88 bits per heavy atom. The van der Waals surface area contributed by atoms with E-state index in [1.54, 1.807) is 11.1 Å². The first-order chi connectivity index (χ1) is 8.20. The molecule has 1 aromatic carbocycles. The topological polar surface area (TPSA) is 12.0 Å². The van der Waals surface area contributed by atoms with Gasteiger partial charge in [-0.1, -0.05) is 39.0 Å². The molecule has 1 N–H and O–H groups in total. The van der Waals surface area contributed by atoms with E-state index in [4.69, 9.17) is 0 Å². The fourth-order valence-electron chi connectivity index (χ4n) is 2.80. The maximum absolute atomic E-state index is 3.65. The van der Waals surface area contributed by atoms with Gasteiger partial charge >= 0.3 is 0 Å². The summed E-state index contributed by atoms with van der Waals surface area (Å²) >= 11 is 0. The molecule has 0 bridgehead atoms. The van der Waals surface area contributed by atoms with Gasteiger partial charge in [-0.2, -0.15) is 0 Å². The molecule has 17 heavy (non-hydrogen) atoms. The van der Waals surface area contributed by atoms with Gasteiger partial charge in [0.15, 0.2) is 0 Å². The second-order valence-electron chi connectivity index (χ2n) is 5.68. The van der Waals surface area contributed by atoms with E-state index in [1.807, 2.05) is 0 Å². The number of nitrogens with one attached hydrogen (secondary N) is 1. The summed E-state index contributed by atoms with van der Waals surface area (Å²) in [5, 5.41) is 3.65. The Kier molecular flexibility index (Phi) is 4.22. The zero-order valence-corrected chi connectivity index (χ0v) is 11.4. The molecule has 1 heteroatoms. The van der Waals surface area contributed by atoms with Gasteiger partial charge in [-0.05, 0) is 54.8 Å². The Bertz CT molecular complexity index is 368. The highest BCUT2D eigenvalue weighted by molar-refractivity contribution is 5.38. The maximum atomic E-state index is 3.65. The fourth-order valence-corrected chi connectivity index (χ4v) is 2.80. The van der Waals surface area contributed by atoms with Crippen LogP contribution in [0.1, 0.15) is 56.3 Å². The van der Waals surface area contributed by atoms with Crippen molar-refractivity contribution >= 4 is 0 Å². The second kappa shape index (κ2) is 5.68. The summed E-state index contributed by atoms with van der Waals surface area (Å²) in [6, 6.07) is 7.72. The van der Waals surface area contributed by atoms with Crippen LogP contribution in [0.5, 0.6) is 0 Å². The van der Waals surface area contributed by atoms with Crippen LogP contribution in [0, 0.1) is 5.92 Å². The van der Waals surface area contributed by atoms with Crippen molar-refractivity contribution in [2.24, 2.45) is 5.92 Å². The van der Waals surface area contributed by atoms with E-state index in [0.717, 1.165) is 12.5 Å². The van der Waals surface area contributed by atoms with Gasteiger partial charge in [-0.3, -0.25) is 0 Å². The molecule has 1 unspecified atom stereocenters. The molecule has 2 rings (SSSR count). The number of fused-ring (bicyclic) bond motifs is 1. The summed E-state index contributed by atoms with van der Waals surface area (Å²) in [5.41, 5.74) is 4.64. The smallest absolute Gasteiger partial charge is 0.0326 e. The predicted molar refractivity (Wildman–Crippen MR) is 74.3 cm³/mol. The quantitative estimate of drug-likeness (QED) is 0.811. The van der Waals surface area contributed by atoms with Crippen LogP contribution >= 0.6 is 0 Å². The molecule has 1 atom stereocenters. The van der Waals surface area contributed by atoms with Gasteiger partial charge in [-0.15, -0.1) is 0 Å². The van der Waals surface area contributed by atoms with E-state index in [2.05, 4.69) is 44.3 Å².